The molecule has 0 atom stereocenters. The SMILES string of the molecule is c1ccc2cc3c(cc2c1)[nH]c1ccc2sc4c5ccccc5ccc4c2c13. The minimum Gasteiger partial charge on any atom is -0.354 e. The topological polar surface area (TPSA) is 15.8 Å². The fourth-order valence-electron chi connectivity index (χ4n) is 4.68. The summed E-state index contributed by atoms with van der Waals surface area (Å²) in [5, 5.41) is 10.6. The van der Waals surface area contributed by atoms with Gasteiger partial charge in [0.05, 0.1) is 0 Å². The van der Waals surface area contributed by atoms with Crippen LogP contribution in [0.25, 0.3) is 63.5 Å². The summed E-state index contributed by atoms with van der Waals surface area (Å²) >= 11 is 1.91. The molecule has 130 valence electrons. The van der Waals surface area contributed by atoms with Crippen LogP contribution in [0.3, 0.4) is 0 Å². The van der Waals surface area contributed by atoms with Gasteiger partial charge >= 0.3 is 0 Å². The molecule has 1 N–H and O–H groups in total. The van der Waals surface area contributed by atoms with Crippen molar-refractivity contribution < 1.29 is 0 Å². The molecule has 2 heteroatoms. The molecule has 0 amide bonds. The fraction of sp³-hybridized carbons (Fsp3) is 0. The lowest BCUT2D eigenvalue weighted by Gasteiger charge is -2.01. The minimum atomic E-state index is 1.21. The van der Waals surface area contributed by atoms with E-state index in [1.165, 1.54) is 63.5 Å². The van der Waals surface area contributed by atoms with Crippen molar-refractivity contribution in [3.05, 3.63) is 84.9 Å². The van der Waals surface area contributed by atoms with E-state index < -0.39 is 0 Å². The van der Waals surface area contributed by atoms with Crippen LogP contribution in [0.4, 0.5) is 0 Å². The highest BCUT2D eigenvalue weighted by Crippen LogP contribution is 2.44. The molecule has 2 aromatic heterocycles. The smallest absolute Gasteiger partial charge is 0.0472 e. The Morgan fingerprint density at radius 2 is 1.32 bits per heavy atom. The second-order valence-corrected chi connectivity index (χ2v) is 8.55. The van der Waals surface area contributed by atoms with Gasteiger partial charge in [0.1, 0.15) is 0 Å². The van der Waals surface area contributed by atoms with E-state index >= 15 is 0 Å². The van der Waals surface area contributed by atoms with Crippen molar-refractivity contribution in [2.75, 3.05) is 0 Å². The van der Waals surface area contributed by atoms with Crippen LogP contribution in [0.5, 0.6) is 0 Å². The van der Waals surface area contributed by atoms with E-state index in [4.69, 9.17) is 0 Å². The molecule has 5 aromatic carbocycles. The summed E-state index contributed by atoms with van der Waals surface area (Å²) in [4.78, 5) is 3.66. The molecule has 28 heavy (non-hydrogen) atoms. The predicted octanol–water partition coefficient (Wildman–Crippen LogP) is 8.00. The van der Waals surface area contributed by atoms with Crippen LogP contribution < -0.4 is 0 Å². The van der Waals surface area contributed by atoms with Gasteiger partial charge in [-0.05, 0) is 45.8 Å². The number of H-pyrrole nitrogens is 1. The number of hydrogen-bond donors (Lipinski definition) is 1. The Hall–Kier alpha value is -3.36. The van der Waals surface area contributed by atoms with Crippen molar-refractivity contribution in [1.29, 1.82) is 0 Å². The summed E-state index contributed by atoms with van der Waals surface area (Å²) in [5.41, 5.74) is 2.42. The standard InChI is InChI=1S/C26H15NS/c1-2-7-17-14-22-20(13-16(17)6-1)24-21(27-22)11-12-23-25(24)19-10-9-15-5-3-4-8-18(15)26(19)28-23/h1-14,27H. The van der Waals surface area contributed by atoms with Crippen LogP contribution in [0.1, 0.15) is 0 Å². The van der Waals surface area contributed by atoms with Crippen LogP contribution in [-0.2, 0) is 0 Å². The average molecular weight is 373 g/mol. The molecule has 7 rings (SSSR count). The molecule has 0 aliphatic carbocycles. The van der Waals surface area contributed by atoms with Crippen molar-refractivity contribution in [3.8, 4) is 0 Å². The quantitative estimate of drug-likeness (QED) is 0.277. The lowest BCUT2D eigenvalue weighted by molar-refractivity contribution is 1.56. The summed E-state index contributed by atoms with van der Waals surface area (Å²) < 4.78 is 2.74. The van der Waals surface area contributed by atoms with E-state index in [0.717, 1.165) is 0 Å². The van der Waals surface area contributed by atoms with E-state index in [9.17, 15) is 0 Å². The molecule has 0 aliphatic rings. The average Bonchev–Trinajstić information content (AvgIpc) is 3.29. The zero-order valence-corrected chi connectivity index (χ0v) is 15.8. The van der Waals surface area contributed by atoms with Gasteiger partial charge in [-0.3, -0.25) is 0 Å². The fourth-order valence-corrected chi connectivity index (χ4v) is 5.92. The second-order valence-electron chi connectivity index (χ2n) is 7.50. The second kappa shape index (κ2) is 5.12. The van der Waals surface area contributed by atoms with E-state index in [1.54, 1.807) is 0 Å². The van der Waals surface area contributed by atoms with Crippen molar-refractivity contribution in [1.82, 2.24) is 4.98 Å². The predicted molar refractivity (Wildman–Crippen MR) is 124 cm³/mol. The maximum Gasteiger partial charge on any atom is 0.0472 e. The van der Waals surface area contributed by atoms with Crippen molar-refractivity contribution >= 4 is 74.9 Å². The molecule has 0 bridgehead atoms. The van der Waals surface area contributed by atoms with Gasteiger partial charge < -0.3 is 4.98 Å². The normalized spacial score (nSPS) is 12.3. The highest BCUT2D eigenvalue weighted by Gasteiger charge is 2.15. The minimum absolute atomic E-state index is 1.21. The van der Waals surface area contributed by atoms with Crippen LogP contribution in [0.2, 0.25) is 0 Å². The lowest BCUT2D eigenvalue weighted by Crippen LogP contribution is -1.74. The number of fused-ring (bicyclic) bond motifs is 10. The maximum atomic E-state index is 3.66. The maximum absolute atomic E-state index is 3.66. The first-order valence-corrected chi connectivity index (χ1v) is 10.4. The Bertz CT molecular complexity index is 1700. The van der Waals surface area contributed by atoms with Gasteiger partial charge in [0.2, 0.25) is 0 Å². The molecular formula is C26H15NS. The molecule has 2 heterocycles. The summed E-state index contributed by atoms with van der Waals surface area (Å²) in [5.74, 6) is 0. The zero-order valence-electron chi connectivity index (χ0n) is 15.0. The molecule has 0 saturated heterocycles. The van der Waals surface area contributed by atoms with Crippen molar-refractivity contribution in [2.45, 2.75) is 0 Å². The van der Waals surface area contributed by atoms with Gasteiger partial charge in [-0.15, -0.1) is 11.3 Å². The van der Waals surface area contributed by atoms with Gasteiger partial charge in [0, 0.05) is 42.0 Å². The van der Waals surface area contributed by atoms with Crippen LogP contribution >= 0.6 is 11.3 Å². The van der Waals surface area contributed by atoms with Gasteiger partial charge in [-0.25, -0.2) is 0 Å². The van der Waals surface area contributed by atoms with Crippen LogP contribution in [-0.4, -0.2) is 4.98 Å². The molecule has 0 radical (unpaired) electrons. The van der Waals surface area contributed by atoms with Gasteiger partial charge in [0.25, 0.3) is 0 Å². The number of thiophene rings is 1. The van der Waals surface area contributed by atoms with Crippen molar-refractivity contribution in [2.24, 2.45) is 0 Å². The molecule has 0 unspecified atom stereocenters. The molecule has 0 aliphatic heterocycles. The lowest BCUT2D eigenvalue weighted by atomic mass is 10.0. The number of benzene rings is 5. The molecule has 0 saturated carbocycles. The number of aromatic amines is 1. The molecule has 0 fully saturated rings. The molecule has 1 nitrogen and oxygen atoms in total. The van der Waals surface area contributed by atoms with Gasteiger partial charge in [-0.1, -0.05) is 60.7 Å². The largest absolute Gasteiger partial charge is 0.354 e. The summed E-state index contributed by atoms with van der Waals surface area (Å²) in [6.07, 6.45) is 0. The number of rotatable bonds is 0. The van der Waals surface area contributed by atoms with Crippen LogP contribution in [0, 0.1) is 0 Å². The third kappa shape index (κ3) is 1.81. The van der Waals surface area contributed by atoms with Crippen molar-refractivity contribution in [3.63, 3.8) is 0 Å². The van der Waals surface area contributed by atoms with E-state index in [-0.39, 0.29) is 0 Å². The van der Waals surface area contributed by atoms with E-state index in [2.05, 4.69) is 89.9 Å². The Morgan fingerprint density at radius 1 is 0.536 bits per heavy atom. The first-order valence-electron chi connectivity index (χ1n) is 9.54. The highest BCUT2D eigenvalue weighted by molar-refractivity contribution is 7.27. The van der Waals surface area contributed by atoms with Crippen LogP contribution in [0.15, 0.2) is 84.9 Å². The monoisotopic (exact) mass is 373 g/mol. The third-order valence-electron chi connectivity index (χ3n) is 5.95. The summed E-state index contributed by atoms with van der Waals surface area (Å²) in [6.45, 7) is 0. The molecule has 7 aromatic rings. The number of hydrogen-bond acceptors (Lipinski definition) is 1. The Kier molecular flexibility index (Phi) is 2.68. The first kappa shape index (κ1) is 14.7. The number of nitrogens with one attached hydrogen (secondary N) is 1. The highest BCUT2D eigenvalue weighted by atomic mass is 32.1. The summed E-state index contributed by atoms with van der Waals surface area (Å²) in [6, 6.07) is 31.0. The van der Waals surface area contributed by atoms with Gasteiger partial charge in [-0.2, -0.15) is 0 Å². The van der Waals surface area contributed by atoms with E-state index in [0.29, 0.717) is 0 Å². The molecular weight excluding hydrogens is 358 g/mol. The first-order chi connectivity index (χ1) is 13.9. The van der Waals surface area contributed by atoms with E-state index in [1.807, 2.05) is 11.3 Å². The van der Waals surface area contributed by atoms with Gasteiger partial charge in [0.15, 0.2) is 0 Å². The summed E-state index contributed by atoms with van der Waals surface area (Å²) in [7, 11) is 0. The Balaban J connectivity index is 1.75. The molecule has 0 spiro atoms. The Morgan fingerprint density at radius 3 is 2.21 bits per heavy atom. The zero-order chi connectivity index (χ0) is 18.2. The Labute approximate surface area is 164 Å². The number of aromatic nitrogens is 1. The third-order valence-corrected chi connectivity index (χ3v) is 7.16.